The molecule has 0 bridgehead atoms. The Hall–Kier alpha value is -2.69. The molecule has 3 unspecified atom stereocenters. The smallest absolute Gasteiger partial charge is 0.326 e. The fourth-order valence-corrected chi connectivity index (χ4v) is 2.29. The van der Waals surface area contributed by atoms with E-state index in [1.807, 2.05) is 13.8 Å². The van der Waals surface area contributed by atoms with Gasteiger partial charge in [-0.3, -0.25) is 19.2 Å². The molecule has 11 heteroatoms. The van der Waals surface area contributed by atoms with Crippen LogP contribution in [-0.2, 0) is 24.0 Å². The van der Waals surface area contributed by atoms with Gasteiger partial charge in [0.15, 0.2) is 0 Å². The van der Waals surface area contributed by atoms with Crippen molar-refractivity contribution in [2.45, 2.75) is 58.7 Å². The number of carbonyl (C=O) groups is 5. The largest absolute Gasteiger partial charge is 0.481 e. The van der Waals surface area contributed by atoms with E-state index in [1.54, 1.807) is 13.8 Å². The minimum Gasteiger partial charge on any atom is -0.481 e. The Morgan fingerprint density at radius 2 is 1.50 bits per heavy atom. The lowest BCUT2D eigenvalue weighted by molar-refractivity contribution is -0.143. The van der Waals surface area contributed by atoms with Crippen LogP contribution in [0, 0.1) is 11.8 Å². The second kappa shape index (κ2) is 11.9. The summed E-state index contributed by atoms with van der Waals surface area (Å²) in [5.41, 5.74) is 5.49. The van der Waals surface area contributed by atoms with Gasteiger partial charge in [0.1, 0.15) is 12.1 Å². The fraction of sp³-hybridized carbons (Fsp3) is 0.706. The first kappa shape index (κ1) is 25.3. The highest BCUT2D eigenvalue weighted by molar-refractivity contribution is 5.93. The summed E-state index contributed by atoms with van der Waals surface area (Å²) in [5, 5.41) is 24.8. The van der Waals surface area contributed by atoms with E-state index in [0.29, 0.717) is 0 Å². The van der Waals surface area contributed by atoms with Crippen molar-refractivity contribution in [3.05, 3.63) is 0 Å². The highest BCUT2D eigenvalue weighted by atomic mass is 16.4. The van der Waals surface area contributed by atoms with Gasteiger partial charge in [0.25, 0.3) is 0 Å². The van der Waals surface area contributed by atoms with Crippen molar-refractivity contribution in [1.29, 1.82) is 0 Å². The maximum absolute atomic E-state index is 12.3. The summed E-state index contributed by atoms with van der Waals surface area (Å²) in [5.74, 6) is -4.91. The quantitative estimate of drug-likeness (QED) is 0.231. The number of amides is 3. The molecule has 0 saturated heterocycles. The molecule has 0 rings (SSSR count). The molecule has 0 aliphatic carbocycles. The molecule has 3 amide bonds. The van der Waals surface area contributed by atoms with Crippen LogP contribution >= 0.6 is 0 Å². The summed E-state index contributed by atoms with van der Waals surface area (Å²) in [6, 6.07) is -3.42. The van der Waals surface area contributed by atoms with Crippen molar-refractivity contribution in [3.63, 3.8) is 0 Å². The van der Waals surface area contributed by atoms with Crippen LogP contribution in [-0.4, -0.2) is 64.5 Å². The van der Waals surface area contributed by atoms with Crippen LogP contribution in [0.25, 0.3) is 0 Å². The zero-order valence-electron chi connectivity index (χ0n) is 16.5. The van der Waals surface area contributed by atoms with E-state index in [-0.39, 0.29) is 18.3 Å². The monoisotopic (exact) mass is 402 g/mol. The minimum absolute atomic E-state index is 0.0120. The van der Waals surface area contributed by atoms with Crippen molar-refractivity contribution < 1.29 is 34.2 Å². The van der Waals surface area contributed by atoms with Crippen LogP contribution in [0.2, 0.25) is 0 Å². The van der Waals surface area contributed by atoms with Crippen LogP contribution in [0.3, 0.4) is 0 Å². The third kappa shape index (κ3) is 9.86. The number of carbonyl (C=O) groups excluding carboxylic acids is 3. The first-order chi connectivity index (χ1) is 12.8. The molecule has 0 aromatic rings. The number of rotatable bonds is 12. The van der Waals surface area contributed by atoms with Crippen LogP contribution in [0.4, 0.5) is 0 Å². The van der Waals surface area contributed by atoms with Crippen LogP contribution < -0.4 is 21.7 Å². The maximum Gasteiger partial charge on any atom is 0.326 e. The van der Waals surface area contributed by atoms with Crippen LogP contribution in [0.15, 0.2) is 0 Å². The number of carboxylic acids is 2. The first-order valence-electron chi connectivity index (χ1n) is 8.92. The second-order valence-electron chi connectivity index (χ2n) is 7.24. The van der Waals surface area contributed by atoms with Crippen molar-refractivity contribution in [3.8, 4) is 0 Å². The molecule has 0 aliphatic heterocycles. The van der Waals surface area contributed by atoms with Crippen LogP contribution in [0.5, 0.6) is 0 Å². The Labute approximate surface area is 163 Å². The summed E-state index contributed by atoms with van der Waals surface area (Å²) in [4.78, 5) is 58.0. The molecule has 0 fully saturated rings. The molecule has 7 N–H and O–H groups in total. The SMILES string of the molecule is CC(C)CC(NC(=O)C(N)CC(=O)O)C(=O)NCC(=O)NC(C(=O)O)C(C)C. The lowest BCUT2D eigenvalue weighted by Crippen LogP contribution is -2.54. The molecule has 0 aliphatic rings. The van der Waals surface area contributed by atoms with Gasteiger partial charge in [-0.25, -0.2) is 4.79 Å². The summed E-state index contributed by atoms with van der Waals surface area (Å²) < 4.78 is 0. The molecule has 0 aromatic carbocycles. The predicted octanol–water partition coefficient (Wildman–Crippen LogP) is -1.34. The maximum atomic E-state index is 12.3. The molecule has 28 heavy (non-hydrogen) atoms. The number of carboxylic acid groups (broad SMARTS) is 2. The Morgan fingerprint density at radius 3 is 1.93 bits per heavy atom. The molecule has 0 heterocycles. The first-order valence-corrected chi connectivity index (χ1v) is 8.92. The van der Waals surface area contributed by atoms with E-state index in [4.69, 9.17) is 15.9 Å². The zero-order chi connectivity index (χ0) is 22.0. The van der Waals surface area contributed by atoms with Gasteiger partial charge in [0.05, 0.1) is 19.0 Å². The molecular weight excluding hydrogens is 372 g/mol. The normalized spacial score (nSPS) is 14.1. The number of nitrogens with one attached hydrogen (secondary N) is 3. The highest BCUT2D eigenvalue weighted by Gasteiger charge is 2.27. The Bertz CT molecular complexity index is 592. The molecule has 0 saturated carbocycles. The fourth-order valence-electron chi connectivity index (χ4n) is 2.29. The molecule has 3 atom stereocenters. The van der Waals surface area contributed by atoms with E-state index in [1.165, 1.54) is 0 Å². The van der Waals surface area contributed by atoms with Crippen LogP contribution in [0.1, 0.15) is 40.5 Å². The van der Waals surface area contributed by atoms with E-state index in [0.717, 1.165) is 0 Å². The molecule has 160 valence electrons. The Balaban J connectivity index is 4.85. The second-order valence-corrected chi connectivity index (χ2v) is 7.24. The summed E-state index contributed by atoms with van der Waals surface area (Å²) >= 11 is 0. The van der Waals surface area contributed by atoms with Gasteiger partial charge in [-0.1, -0.05) is 27.7 Å². The van der Waals surface area contributed by atoms with Gasteiger partial charge >= 0.3 is 11.9 Å². The average molecular weight is 402 g/mol. The van der Waals surface area contributed by atoms with Gasteiger partial charge < -0.3 is 31.9 Å². The Morgan fingerprint density at radius 1 is 0.929 bits per heavy atom. The minimum atomic E-state index is -1.31. The van der Waals surface area contributed by atoms with Crippen molar-refractivity contribution in [2.24, 2.45) is 17.6 Å². The van der Waals surface area contributed by atoms with Gasteiger partial charge in [-0.05, 0) is 18.3 Å². The van der Waals surface area contributed by atoms with Gasteiger partial charge in [0, 0.05) is 0 Å². The molecule has 0 spiro atoms. The van der Waals surface area contributed by atoms with E-state index >= 15 is 0 Å². The Kier molecular flexibility index (Phi) is 10.8. The predicted molar refractivity (Wildman–Crippen MR) is 99.0 cm³/mol. The van der Waals surface area contributed by atoms with Crippen molar-refractivity contribution >= 4 is 29.7 Å². The van der Waals surface area contributed by atoms with E-state index in [9.17, 15) is 24.0 Å². The topological polar surface area (TPSA) is 188 Å². The van der Waals surface area contributed by atoms with E-state index in [2.05, 4.69) is 16.0 Å². The number of hydrogen-bond acceptors (Lipinski definition) is 6. The van der Waals surface area contributed by atoms with E-state index < -0.39 is 60.8 Å². The number of aliphatic carboxylic acids is 2. The third-order valence-corrected chi connectivity index (χ3v) is 3.74. The molecular formula is C17H30N4O7. The summed E-state index contributed by atoms with van der Waals surface area (Å²) in [7, 11) is 0. The molecule has 11 nitrogen and oxygen atoms in total. The van der Waals surface area contributed by atoms with Gasteiger partial charge in [0.2, 0.25) is 17.7 Å². The lowest BCUT2D eigenvalue weighted by Gasteiger charge is -2.22. The lowest BCUT2D eigenvalue weighted by atomic mass is 10.0. The highest BCUT2D eigenvalue weighted by Crippen LogP contribution is 2.06. The van der Waals surface area contributed by atoms with Gasteiger partial charge in [-0.15, -0.1) is 0 Å². The summed E-state index contributed by atoms with van der Waals surface area (Å²) in [6.45, 7) is 6.42. The number of hydrogen-bond donors (Lipinski definition) is 6. The third-order valence-electron chi connectivity index (χ3n) is 3.74. The van der Waals surface area contributed by atoms with Crippen molar-refractivity contribution in [1.82, 2.24) is 16.0 Å². The number of nitrogens with two attached hydrogens (primary N) is 1. The average Bonchev–Trinajstić information content (AvgIpc) is 2.55. The van der Waals surface area contributed by atoms with Gasteiger partial charge in [-0.2, -0.15) is 0 Å². The molecule has 0 aromatic heterocycles. The van der Waals surface area contributed by atoms with Crippen molar-refractivity contribution in [2.75, 3.05) is 6.54 Å². The summed E-state index contributed by atoms with van der Waals surface area (Å²) in [6.07, 6.45) is -0.348. The standard InChI is InChI=1S/C17H30N4O7/c1-8(2)5-11(20-15(25)10(18)6-13(23)24)16(26)19-7-12(22)21-14(9(3)4)17(27)28/h8-11,14H,5-7,18H2,1-4H3,(H,19,26)(H,20,25)(H,21,22)(H,23,24)(H,27,28). The molecule has 0 radical (unpaired) electrons. The zero-order valence-corrected chi connectivity index (χ0v) is 16.5.